The van der Waals surface area contributed by atoms with E-state index in [0.29, 0.717) is 13.0 Å². The van der Waals surface area contributed by atoms with E-state index in [4.69, 9.17) is 5.73 Å². The van der Waals surface area contributed by atoms with E-state index in [-0.39, 0.29) is 18.4 Å². The number of ether oxygens (including phenoxy) is 1. The second-order valence-corrected chi connectivity index (χ2v) is 4.69. The van der Waals surface area contributed by atoms with Crippen LogP contribution in [0, 0.1) is 0 Å². The molecule has 3 nitrogen and oxygen atoms in total. The first-order chi connectivity index (χ1) is 9.72. The number of methoxy groups -OCH3 is 1. The summed E-state index contributed by atoms with van der Waals surface area (Å²) in [6.07, 6.45) is 1.19. The lowest BCUT2D eigenvalue weighted by atomic mass is 10.00. The maximum atomic E-state index is 11.2. The first kappa shape index (κ1) is 17.2. The average molecular weight is 306 g/mol. The number of nitrogens with two attached hydrogens (primary N) is 1. The van der Waals surface area contributed by atoms with Gasteiger partial charge in [-0.3, -0.25) is 4.79 Å². The van der Waals surface area contributed by atoms with Crippen molar-refractivity contribution in [1.82, 2.24) is 0 Å². The number of benzene rings is 2. The molecule has 0 spiro atoms. The predicted octanol–water partition coefficient (Wildman–Crippen LogP) is 2.99. The zero-order chi connectivity index (χ0) is 14.4. The van der Waals surface area contributed by atoms with Crippen LogP contribution in [0.5, 0.6) is 0 Å². The summed E-state index contributed by atoms with van der Waals surface area (Å²) in [7, 11) is 1.40. The standard InChI is InChI=1S/C17H19NO2.ClH/c1-20-17(19)12-14-5-7-15(8-6-14)16-4-2-3-13(11-16)9-10-18;/h2-8,11H,9-10,12,18H2,1H3;1H. The fraction of sp³-hybridized carbons (Fsp3) is 0.235. The molecule has 4 heteroatoms. The van der Waals surface area contributed by atoms with Gasteiger partial charge in [-0.15, -0.1) is 12.4 Å². The summed E-state index contributed by atoms with van der Waals surface area (Å²) < 4.78 is 4.66. The Morgan fingerprint density at radius 3 is 2.38 bits per heavy atom. The number of esters is 1. The number of hydrogen-bond donors (Lipinski definition) is 1. The highest BCUT2D eigenvalue weighted by atomic mass is 35.5. The molecule has 21 heavy (non-hydrogen) atoms. The summed E-state index contributed by atoms with van der Waals surface area (Å²) in [4.78, 5) is 11.2. The lowest BCUT2D eigenvalue weighted by molar-refractivity contribution is -0.139. The molecule has 0 heterocycles. The van der Waals surface area contributed by atoms with Gasteiger partial charge in [-0.25, -0.2) is 0 Å². The first-order valence-electron chi connectivity index (χ1n) is 6.68. The second kappa shape index (κ2) is 8.45. The molecule has 0 unspecified atom stereocenters. The Kier molecular flexibility index (Phi) is 6.92. The van der Waals surface area contributed by atoms with Crippen LogP contribution >= 0.6 is 12.4 Å². The van der Waals surface area contributed by atoms with Crippen LogP contribution in [0.4, 0.5) is 0 Å². The molecule has 0 aliphatic carbocycles. The van der Waals surface area contributed by atoms with E-state index in [2.05, 4.69) is 22.9 Å². The molecule has 2 N–H and O–H groups in total. The molecule has 0 amide bonds. The van der Waals surface area contributed by atoms with Gasteiger partial charge in [0.05, 0.1) is 13.5 Å². The molecule has 0 aliphatic heterocycles. The highest BCUT2D eigenvalue weighted by Crippen LogP contribution is 2.21. The molecule has 0 saturated heterocycles. The highest BCUT2D eigenvalue weighted by Gasteiger charge is 2.04. The summed E-state index contributed by atoms with van der Waals surface area (Å²) >= 11 is 0. The van der Waals surface area contributed by atoms with Crippen molar-refractivity contribution >= 4 is 18.4 Å². The second-order valence-electron chi connectivity index (χ2n) is 4.69. The van der Waals surface area contributed by atoms with E-state index in [1.165, 1.54) is 18.2 Å². The molecule has 0 fully saturated rings. The van der Waals surface area contributed by atoms with E-state index in [1.54, 1.807) is 0 Å². The molecule has 0 atom stereocenters. The third-order valence-corrected chi connectivity index (χ3v) is 3.22. The van der Waals surface area contributed by atoms with Gasteiger partial charge in [0.1, 0.15) is 0 Å². The van der Waals surface area contributed by atoms with Crippen LogP contribution in [-0.4, -0.2) is 19.6 Å². The van der Waals surface area contributed by atoms with Gasteiger partial charge >= 0.3 is 5.97 Å². The SMILES string of the molecule is COC(=O)Cc1ccc(-c2cccc(CCN)c2)cc1.Cl. The van der Waals surface area contributed by atoms with Crippen LogP contribution < -0.4 is 5.73 Å². The van der Waals surface area contributed by atoms with Crippen molar-refractivity contribution < 1.29 is 9.53 Å². The minimum Gasteiger partial charge on any atom is -0.469 e. The maximum Gasteiger partial charge on any atom is 0.309 e. The Bertz CT molecular complexity index is 582. The van der Waals surface area contributed by atoms with Crippen molar-refractivity contribution in [2.75, 3.05) is 13.7 Å². The Labute approximate surface area is 131 Å². The monoisotopic (exact) mass is 305 g/mol. The van der Waals surface area contributed by atoms with Crippen LogP contribution in [0.15, 0.2) is 48.5 Å². The van der Waals surface area contributed by atoms with Crippen molar-refractivity contribution in [2.45, 2.75) is 12.8 Å². The highest BCUT2D eigenvalue weighted by molar-refractivity contribution is 5.85. The number of rotatable bonds is 5. The van der Waals surface area contributed by atoms with Crippen molar-refractivity contribution in [3.63, 3.8) is 0 Å². The smallest absolute Gasteiger partial charge is 0.309 e. The zero-order valence-electron chi connectivity index (χ0n) is 12.0. The minimum absolute atomic E-state index is 0. The van der Waals surface area contributed by atoms with Gasteiger partial charge in [0.2, 0.25) is 0 Å². The van der Waals surface area contributed by atoms with E-state index < -0.39 is 0 Å². The summed E-state index contributed by atoms with van der Waals surface area (Å²) in [5.74, 6) is -0.220. The Morgan fingerprint density at radius 2 is 1.76 bits per heavy atom. The Balaban J connectivity index is 0.00000220. The molecule has 2 rings (SSSR count). The predicted molar refractivity (Wildman–Crippen MR) is 87.6 cm³/mol. The van der Waals surface area contributed by atoms with E-state index in [0.717, 1.165) is 17.5 Å². The summed E-state index contributed by atoms with van der Waals surface area (Å²) in [5, 5.41) is 0. The number of carbonyl (C=O) groups is 1. The molecule has 2 aromatic rings. The van der Waals surface area contributed by atoms with Crippen molar-refractivity contribution in [3.05, 3.63) is 59.7 Å². The molecular weight excluding hydrogens is 286 g/mol. The minimum atomic E-state index is -0.220. The largest absolute Gasteiger partial charge is 0.469 e. The molecule has 112 valence electrons. The first-order valence-corrected chi connectivity index (χ1v) is 6.68. The van der Waals surface area contributed by atoms with Crippen LogP contribution in [0.1, 0.15) is 11.1 Å². The average Bonchev–Trinajstić information content (AvgIpc) is 2.48. The zero-order valence-corrected chi connectivity index (χ0v) is 12.9. The van der Waals surface area contributed by atoms with Gasteiger partial charge in [0.15, 0.2) is 0 Å². The van der Waals surface area contributed by atoms with Crippen LogP contribution in [-0.2, 0) is 22.4 Å². The molecule has 0 aliphatic rings. The van der Waals surface area contributed by atoms with Gasteiger partial charge in [-0.2, -0.15) is 0 Å². The van der Waals surface area contributed by atoms with Gasteiger partial charge in [-0.05, 0) is 35.2 Å². The lowest BCUT2D eigenvalue weighted by Crippen LogP contribution is -2.04. The normalized spacial score (nSPS) is 9.81. The molecule has 0 aromatic heterocycles. The van der Waals surface area contributed by atoms with E-state index >= 15 is 0 Å². The van der Waals surface area contributed by atoms with Crippen LogP contribution in [0.3, 0.4) is 0 Å². The summed E-state index contributed by atoms with van der Waals surface area (Å²) in [6.45, 7) is 0.654. The number of hydrogen-bond acceptors (Lipinski definition) is 3. The van der Waals surface area contributed by atoms with Gasteiger partial charge in [0, 0.05) is 0 Å². The quantitative estimate of drug-likeness (QED) is 0.864. The van der Waals surface area contributed by atoms with Gasteiger partial charge < -0.3 is 10.5 Å². The third kappa shape index (κ3) is 4.88. The molecule has 2 aromatic carbocycles. The third-order valence-electron chi connectivity index (χ3n) is 3.22. The Morgan fingerprint density at radius 1 is 1.05 bits per heavy atom. The molecule has 0 bridgehead atoms. The van der Waals surface area contributed by atoms with Crippen molar-refractivity contribution in [3.8, 4) is 11.1 Å². The number of carbonyl (C=O) groups excluding carboxylic acids is 1. The van der Waals surface area contributed by atoms with Crippen LogP contribution in [0.25, 0.3) is 11.1 Å². The van der Waals surface area contributed by atoms with Crippen molar-refractivity contribution in [2.24, 2.45) is 5.73 Å². The fourth-order valence-electron chi connectivity index (χ4n) is 2.13. The fourth-order valence-corrected chi connectivity index (χ4v) is 2.13. The summed E-state index contributed by atoms with van der Waals surface area (Å²) in [5.41, 5.74) is 10.1. The summed E-state index contributed by atoms with van der Waals surface area (Å²) in [6, 6.07) is 16.3. The molecule has 0 radical (unpaired) electrons. The van der Waals surface area contributed by atoms with Crippen molar-refractivity contribution in [1.29, 1.82) is 0 Å². The van der Waals surface area contributed by atoms with Gasteiger partial charge in [-0.1, -0.05) is 48.5 Å². The lowest BCUT2D eigenvalue weighted by Gasteiger charge is -2.06. The number of halogens is 1. The van der Waals surface area contributed by atoms with E-state index in [9.17, 15) is 4.79 Å². The Hall–Kier alpha value is -1.84. The topological polar surface area (TPSA) is 52.3 Å². The molecule has 0 saturated carbocycles. The van der Waals surface area contributed by atoms with Gasteiger partial charge in [0.25, 0.3) is 0 Å². The molecular formula is C17H20ClNO2. The van der Waals surface area contributed by atoms with Crippen LogP contribution in [0.2, 0.25) is 0 Å². The van der Waals surface area contributed by atoms with E-state index in [1.807, 2.05) is 30.3 Å². The maximum absolute atomic E-state index is 11.2.